The van der Waals surface area contributed by atoms with Crippen molar-refractivity contribution in [1.82, 2.24) is 24.8 Å². The fourth-order valence-corrected chi connectivity index (χ4v) is 10.0. The van der Waals surface area contributed by atoms with E-state index in [1.165, 1.54) is 34.2 Å². The molecule has 3 aliphatic carbocycles. The maximum absolute atomic E-state index is 15.1. The first-order chi connectivity index (χ1) is 26.9. The predicted molar refractivity (Wildman–Crippen MR) is 199 cm³/mol. The lowest BCUT2D eigenvalue weighted by molar-refractivity contribution is -0.286. The van der Waals surface area contributed by atoms with Gasteiger partial charge < -0.3 is 29.5 Å². The number of hydrogen-bond acceptors (Lipinski definition) is 10. The topological polar surface area (TPSA) is 194 Å². The largest absolute Gasteiger partial charge is 0.586 e. The molecule has 0 radical (unpaired) electrons. The minimum Gasteiger partial charge on any atom is -0.472 e. The summed E-state index contributed by atoms with van der Waals surface area (Å²) in [5, 5.41) is 13.3. The highest BCUT2D eigenvalue weighted by Gasteiger charge is 2.62. The Labute approximate surface area is 328 Å². The average Bonchev–Trinajstić information content (AvgIpc) is 4.09. The number of pyridine rings is 1. The fraction of sp³-hybridized carbons (Fsp3) is 0.615. The standard InChI is InChI=1S/C39H47F2N5O10S/c1-21-6-4-5-7-23-18-38(23,35(49)44-57(52,53)25-8-9-25)43-32(47)28-17-24(54-33-27-10-11-29-31(26(27)12-15-42-33)56-39(40,41)55-29)19-45(28)34(48)30(22(2)16-21)46(36(50)51)20-37(3)13-14-37/h5,7,10-12,15,21-25,28,30H,4,6,8-9,13-14,16-20H2,1-3H3,(H,43,47)(H,44,49)(H,50,51)/t21-,22-,23-,24-,28+,30+,38-/m1/s1. The highest BCUT2D eigenvalue weighted by atomic mass is 32.2. The Hall–Kier alpha value is -4.74. The number of nitrogens with zero attached hydrogens (tertiary/aromatic N) is 3. The molecule has 18 heteroatoms. The Morgan fingerprint density at radius 2 is 1.86 bits per heavy atom. The second-order valence-electron chi connectivity index (χ2n) is 17.2. The molecule has 0 unspecified atom stereocenters. The maximum Gasteiger partial charge on any atom is 0.586 e. The van der Waals surface area contributed by atoms with Gasteiger partial charge in [0.2, 0.25) is 27.7 Å². The molecule has 1 aromatic heterocycles. The lowest BCUT2D eigenvalue weighted by Crippen LogP contribution is -2.60. The van der Waals surface area contributed by atoms with Crippen LogP contribution < -0.4 is 24.2 Å². The highest BCUT2D eigenvalue weighted by molar-refractivity contribution is 7.91. The number of benzene rings is 1. The summed E-state index contributed by atoms with van der Waals surface area (Å²) in [6.07, 6.45) is 3.37. The van der Waals surface area contributed by atoms with Gasteiger partial charge in [0.25, 0.3) is 5.91 Å². The van der Waals surface area contributed by atoms with Crippen molar-refractivity contribution in [3.63, 3.8) is 0 Å². The van der Waals surface area contributed by atoms with Crippen LogP contribution in [0.15, 0.2) is 36.5 Å². The SMILES string of the molecule is C[C@@H]1CCC=C[C@@H]2C[C@@]2(C(=O)NS(=O)(=O)C2CC2)NC(=O)[C@@H]2C[C@@H](Oc3nccc4c5c(ccc34)OC(F)(F)O5)CN2C(=O)[C@@H](N(CC2(C)CC2)C(=O)O)[C@H](C)C1. The number of amides is 4. The lowest BCUT2D eigenvalue weighted by atomic mass is 9.86. The zero-order chi connectivity index (χ0) is 40.7. The summed E-state index contributed by atoms with van der Waals surface area (Å²) in [4.78, 5) is 63.3. The van der Waals surface area contributed by atoms with E-state index in [-0.39, 0.29) is 60.0 Å². The molecule has 4 heterocycles. The molecule has 15 nitrogen and oxygen atoms in total. The number of hydrogen-bond donors (Lipinski definition) is 3. The molecule has 3 N–H and O–H groups in total. The molecule has 4 fully saturated rings. The van der Waals surface area contributed by atoms with Gasteiger partial charge in [-0.3, -0.25) is 24.0 Å². The maximum atomic E-state index is 15.1. The first-order valence-electron chi connectivity index (χ1n) is 19.6. The normalized spacial score (nSPS) is 31.6. The van der Waals surface area contributed by atoms with Crippen molar-refractivity contribution in [3.05, 3.63) is 36.5 Å². The molecule has 6 aliphatic rings. The molecule has 0 bridgehead atoms. The quantitative estimate of drug-likeness (QED) is 0.317. The number of carbonyl (C=O) groups excluding carboxylic acids is 3. The van der Waals surface area contributed by atoms with Crippen molar-refractivity contribution >= 4 is 44.6 Å². The first kappa shape index (κ1) is 39.1. The van der Waals surface area contributed by atoms with E-state index in [1.54, 1.807) is 0 Å². The van der Waals surface area contributed by atoms with Gasteiger partial charge in [-0.2, -0.15) is 0 Å². The Balaban J connectivity index is 1.15. The van der Waals surface area contributed by atoms with E-state index < -0.39 is 80.9 Å². The molecule has 57 heavy (non-hydrogen) atoms. The third-order valence-corrected chi connectivity index (χ3v) is 14.2. The highest BCUT2D eigenvalue weighted by Crippen LogP contribution is 2.49. The molecule has 1 aromatic carbocycles. The number of carboxylic acid groups (broad SMARTS) is 1. The van der Waals surface area contributed by atoms with Gasteiger partial charge in [-0.1, -0.05) is 32.9 Å². The summed E-state index contributed by atoms with van der Waals surface area (Å²) >= 11 is 0. The van der Waals surface area contributed by atoms with Crippen LogP contribution in [0.1, 0.15) is 78.6 Å². The van der Waals surface area contributed by atoms with Crippen molar-refractivity contribution in [2.75, 3.05) is 13.1 Å². The summed E-state index contributed by atoms with van der Waals surface area (Å²) in [6, 6.07) is 1.81. The van der Waals surface area contributed by atoms with Crippen molar-refractivity contribution in [2.45, 2.75) is 114 Å². The summed E-state index contributed by atoms with van der Waals surface area (Å²) < 4.78 is 71.8. The summed E-state index contributed by atoms with van der Waals surface area (Å²) in [5.74, 6) is -3.45. The van der Waals surface area contributed by atoms with E-state index in [4.69, 9.17) is 9.47 Å². The van der Waals surface area contributed by atoms with Crippen LogP contribution in [0.3, 0.4) is 0 Å². The zero-order valence-corrected chi connectivity index (χ0v) is 32.7. The van der Waals surface area contributed by atoms with Crippen LogP contribution in [0.4, 0.5) is 13.6 Å². The van der Waals surface area contributed by atoms with Gasteiger partial charge in [0, 0.05) is 35.9 Å². The average molecular weight is 816 g/mol. The minimum absolute atomic E-state index is 0.0100. The molecule has 2 aromatic rings. The summed E-state index contributed by atoms with van der Waals surface area (Å²) in [6.45, 7) is 5.80. The monoisotopic (exact) mass is 815 g/mol. The van der Waals surface area contributed by atoms with Crippen molar-refractivity contribution < 1.29 is 55.7 Å². The van der Waals surface area contributed by atoms with E-state index in [2.05, 4.69) is 19.8 Å². The van der Waals surface area contributed by atoms with E-state index in [1.807, 2.05) is 32.9 Å². The van der Waals surface area contributed by atoms with E-state index in [9.17, 15) is 36.7 Å². The van der Waals surface area contributed by atoms with Gasteiger partial charge in [-0.15, -0.1) is 8.78 Å². The van der Waals surface area contributed by atoms with E-state index in [0.29, 0.717) is 37.5 Å². The lowest BCUT2D eigenvalue weighted by Gasteiger charge is -2.38. The van der Waals surface area contributed by atoms with Crippen LogP contribution in [0.2, 0.25) is 0 Å². The van der Waals surface area contributed by atoms with Crippen LogP contribution >= 0.6 is 0 Å². The summed E-state index contributed by atoms with van der Waals surface area (Å²) in [7, 11) is -3.96. The van der Waals surface area contributed by atoms with Crippen molar-refractivity contribution in [2.24, 2.45) is 23.2 Å². The minimum atomic E-state index is -3.96. The van der Waals surface area contributed by atoms with Crippen LogP contribution in [0.5, 0.6) is 17.4 Å². The van der Waals surface area contributed by atoms with Crippen LogP contribution in [0.25, 0.3) is 10.8 Å². The Kier molecular flexibility index (Phi) is 9.59. The molecule has 1 saturated heterocycles. The molecule has 0 spiro atoms. The van der Waals surface area contributed by atoms with Crippen molar-refractivity contribution in [1.29, 1.82) is 0 Å². The first-order valence-corrected chi connectivity index (χ1v) is 21.1. The third-order valence-electron chi connectivity index (χ3n) is 12.4. The molecule has 7 atom stereocenters. The number of nitrogens with one attached hydrogen (secondary N) is 2. The number of ether oxygens (including phenoxy) is 3. The zero-order valence-electron chi connectivity index (χ0n) is 31.9. The van der Waals surface area contributed by atoms with Gasteiger partial charge in [0.1, 0.15) is 23.7 Å². The predicted octanol–water partition coefficient (Wildman–Crippen LogP) is 4.55. The second kappa shape index (κ2) is 14.0. The number of aromatic nitrogens is 1. The molecular formula is C39H47F2N5O10S. The molecule has 8 rings (SSSR count). The molecule has 4 amide bonds. The number of alkyl halides is 2. The number of fused-ring (bicyclic) bond motifs is 5. The van der Waals surface area contributed by atoms with Crippen LogP contribution in [0, 0.1) is 23.2 Å². The molecule has 308 valence electrons. The van der Waals surface area contributed by atoms with Crippen molar-refractivity contribution in [3.8, 4) is 17.4 Å². The summed E-state index contributed by atoms with van der Waals surface area (Å²) in [5.41, 5.74) is -1.89. The Morgan fingerprint density at radius 3 is 2.56 bits per heavy atom. The third kappa shape index (κ3) is 7.68. The Bertz CT molecular complexity index is 2150. The second-order valence-corrected chi connectivity index (χ2v) is 19.2. The van der Waals surface area contributed by atoms with Gasteiger partial charge in [-0.05, 0) is 86.8 Å². The smallest absolute Gasteiger partial charge is 0.472 e. The van der Waals surface area contributed by atoms with Crippen LogP contribution in [-0.2, 0) is 24.4 Å². The molecular weight excluding hydrogens is 769 g/mol. The van der Waals surface area contributed by atoms with Gasteiger partial charge >= 0.3 is 12.4 Å². The number of halogens is 2. The molecule has 3 saturated carbocycles. The van der Waals surface area contributed by atoms with Gasteiger partial charge in [0.15, 0.2) is 11.5 Å². The number of rotatable bonds is 8. The van der Waals surface area contributed by atoms with Crippen LogP contribution in [-0.4, -0.2) is 100 Å². The van der Waals surface area contributed by atoms with E-state index >= 15 is 4.79 Å². The number of allylic oxidation sites excluding steroid dienone is 1. The number of sulfonamides is 1. The number of carbonyl (C=O) groups is 4. The molecule has 3 aliphatic heterocycles. The van der Waals surface area contributed by atoms with Gasteiger partial charge in [-0.25, -0.2) is 18.2 Å². The fourth-order valence-electron chi connectivity index (χ4n) is 8.67. The Morgan fingerprint density at radius 1 is 1.11 bits per heavy atom. The van der Waals surface area contributed by atoms with E-state index in [0.717, 1.165) is 12.8 Å². The van der Waals surface area contributed by atoms with Gasteiger partial charge in [0.05, 0.1) is 11.8 Å².